The van der Waals surface area contributed by atoms with Crippen molar-refractivity contribution in [3.63, 3.8) is 0 Å². The predicted molar refractivity (Wildman–Crippen MR) is 86.9 cm³/mol. The first kappa shape index (κ1) is 16.4. The van der Waals surface area contributed by atoms with Gasteiger partial charge in [-0.25, -0.2) is 13.1 Å². The van der Waals surface area contributed by atoms with Crippen LogP contribution in [0.3, 0.4) is 0 Å². The van der Waals surface area contributed by atoms with Crippen LogP contribution in [0, 0.1) is 5.92 Å². The molecule has 0 saturated heterocycles. The quantitative estimate of drug-likeness (QED) is 0.793. The average Bonchev–Trinajstić information content (AvgIpc) is 2.88. The van der Waals surface area contributed by atoms with Crippen molar-refractivity contribution in [1.82, 2.24) is 4.72 Å². The maximum atomic E-state index is 12.4. The summed E-state index contributed by atoms with van der Waals surface area (Å²) in [6.45, 7) is 1.21. The van der Waals surface area contributed by atoms with Gasteiger partial charge in [-0.05, 0) is 43.0 Å². The fraction of sp³-hybridized carbons (Fsp3) is 0.562. The van der Waals surface area contributed by atoms with Gasteiger partial charge in [0.1, 0.15) is 0 Å². The molecular formula is C16H22N2O4S. The highest BCUT2D eigenvalue weighted by Gasteiger charge is 2.33. The third-order valence-electron chi connectivity index (χ3n) is 4.58. The van der Waals surface area contributed by atoms with Gasteiger partial charge in [0.15, 0.2) is 0 Å². The van der Waals surface area contributed by atoms with Crippen LogP contribution in [-0.4, -0.2) is 41.1 Å². The standard InChI is InChI=1S/C16H22N2O4S/c1-22-10-8-17-23(20,21)14-5-6-15-13(11-14)7-9-18(15)16(19)12-3-2-4-12/h5-6,11-12,17H,2-4,7-10H2,1H3. The average molecular weight is 338 g/mol. The summed E-state index contributed by atoms with van der Waals surface area (Å²) >= 11 is 0. The number of hydrogen-bond donors (Lipinski definition) is 1. The second-order valence-corrected chi connectivity index (χ2v) is 7.82. The van der Waals surface area contributed by atoms with Crippen LogP contribution in [0.5, 0.6) is 0 Å². The first-order chi connectivity index (χ1) is 11.0. The fourth-order valence-electron chi connectivity index (χ4n) is 3.01. The maximum absolute atomic E-state index is 12.4. The number of anilines is 1. The van der Waals surface area contributed by atoms with Gasteiger partial charge in [0.2, 0.25) is 15.9 Å². The second kappa shape index (κ2) is 6.59. The topological polar surface area (TPSA) is 75.7 Å². The fourth-order valence-corrected chi connectivity index (χ4v) is 4.07. The van der Waals surface area contributed by atoms with Crippen molar-refractivity contribution in [3.05, 3.63) is 23.8 Å². The SMILES string of the molecule is COCCNS(=O)(=O)c1ccc2c(c1)CCN2C(=O)C1CCC1. The van der Waals surface area contributed by atoms with Gasteiger partial charge < -0.3 is 9.64 Å². The van der Waals surface area contributed by atoms with Crippen molar-refractivity contribution in [2.75, 3.05) is 31.7 Å². The molecule has 6 nitrogen and oxygen atoms in total. The Labute approximate surface area is 136 Å². The zero-order valence-corrected chi connectivity index (χ0v) is 14.1. The number of nitrogens with zero attached hydrogens (tertiary/aromatic N) is 1. The van der Waals surface area contributed by atoms with E-state index in [4.69, 9.17) is 4.74 Å². The molecule has 1 amide bonds. The molecule has 23 heavy (non-hydrogen) atoms. The van der Waals surface area contributed by atoms with E-state index in [2.05, 4.69) is 4.72 Å². The molecule has 1 heterocycles. The van der Waals surface area contributed by atoms with Gasteiger partial charge in [-0.15, -0.1) is 0 Å². The van der Waals surface area contributed by atoms with Gasteiger partial charge in [0, 0.05) is 31.8 Å². The number of carbonyl (C=O) groups is 1. The Morgan fingerprint density at radius 3 is 2.83 bits per heavy atom. The summed E-state index contributed by atoms with van der Waals surface area (Å²) in [6, 6.07) is 5.00. The van der Waals surface area contributed by atoms with E-state index in [1.165, 1.54) is 7.11 Å². The summed E-state index contributed by atoms with van der Waals surface area (Å²) in [5, 5.41) is 0. The number of hydrogen-bond acceptors (Lipinski definition) is 4. The largest absolute Gasteiger partial charge is 0.383 e. The molecule has 1 fully saturated rings. The molecule has 1 aliphatic carbocycles. The minimum Gasteiger partial charge on any atom is -0.383 e. The monoisotopic (exact) mass is 338 g/mol. The molecule has 7 heteroatoms. The van der Waals surface area contributed by atoms with Crippen LogP contribution in [0.2, 0.25) is 0 Å². The Kier molecular flexibility index (Phi) is 4.70. The van der Waals surface area contributed by atoms with Crippen LogP contribution in [0.25, 0.3) is 0 Å². The van der Waals surface area contributed by atoms with E-state index in [0.717, 1.165) is 30.5 Å². The van der Waals surface area contributed by atoms with Crippen LogP contribution < -0.4 is 9.62 Å². The molecule has 1 saturated carbocycles. The van der Waals surface area contributed by atoms with Gasteiger partial charge in [-0.1, -0.05) is 6.42 Å². The van der Waals surface area contributed by atoms with Crippen molar-refractivity contribution in [2.45, 2.75) is 30.6 Å². The van der Waals surface area contributed by atoms with Crippen LogP contribution in [0.4, 0.5) is 5.69 Å². The van der Waals surface area contributed by atoms with Gasteiger partial charge in [-0.3, -0.25) is 4.79 Å². The number of fused-ring (bicyclic) bond motifs is 1. The molecule has 3 rings (SSSR count). The van der Waals surface area contributed by atoms with Crippen molar-refractivity contribution in [3.8, 4) is 0 Å². The predicted octanol–water partition coefficient (Wildman–Crippen LogP) is 1.30. The molecule has 1 aromatic rings. The molecule has 2 aliphatic rings. The highest BCUT2D eigenvalue weighted by atomic mass is 32.2. The molecule has 0 radical (unpaired) electrons. The molecular weight excluding hydrogens is 316 g/mol. The Morgan fingerprint density at radius 1 is 1.39 bits per heavy atom. The van der Waals surface area contributed by atoms with Crippen LogP contribution >= 0.6 is 0 Å². The normalized spacial score (nSPS) is 17.9. The molecule has 0 spiro atoms. The van der Waals surface area contributed by atoms with Crippen LogP contribution in [0.1, 0.15) is 24.8 Å². The van der Waals surface area contributed by atoms with E-state index in [1.807, 2.05) is 4.90 Å². The Hall–Kier alpha value is -1.44. The smallest absolute Gasteiger partial charge is 0.240 e. The minimum atomic E-state index is -3.54. The molecule has 0 aromatic heterocycles. The summed E-state index contributed by atoms with van der Waals surface area (Å²) < 4.78 is 31.8. The number of sulfonamides is 1. The van der Waals surface area contributed by atoms with Gasteiger partial charge in [0.05, 0.1) is 11.5 Å². The zero-order valence-electron chi connectivity index (χ0n) is 13.2. The van der Waals surface area contributed by atoms with E-state index in [1.54, 1.807) is 18.2 Å². The number of carbonyl (C=O) groups excluding carboxylic acids is 1. The summed E-state index contributed by atoms with van der Waals surface area (Å²) in [6.07, 6.45) is 3.78. The Bertz CT molecular complexity index is 698. The molecule has 0 bridgehead atoms. The van der Waals surface area contributed by atoms with Gasteiger partial charge in [-0.2, -0.15) is 0 Å². The van der Waals surface area contributed by atoms with Crippen molar-refractivity contribution in [2.24, 2.45) is 5.92 Å². The lowest BCUT2D eigenvalue weighted by Crippen LogP contribution is -2.37. The summed E-state index contributed by atoms with van der Waals surface area (Å²) in [4.78, 5) is 14.5. The molecule has 1 N–H and O–H groups in total. The van der Waals surface area contributed by atoms with Crippen molar-refractivity contribution >= 4 is 21.6 Å². The van der Waals surface area contributed by atoms with E-state index in [9.17, 15) is 13.2 Å². The number of nitrogens with one attached hydrogen (secondary N) is 1. The number of amides is 1. The number of ether oxygens (including phenoxy) is 1. The number of benzene rings is 1. The van der Waals surface area contributed by atoms with Crippen molar-refractivity contribution < 1.29 is 17.9 Å². The number of rotatable bonds is 6. The van der Waals surface area contributed by atoms with E-state index in [0.29, 0.717) is 19.6 Å². The Morgan fingerprint density at radius 2 is 2.17 bits per heavy atom. The zero-order chi connectivity index (χ0) is 16.4. The van der Waals surface area contributed by atoms with Crippen LogP contribution in [-0.2, 0) is 26.0 Å². The van der Waals surface area contributed by atoms with E-state index >= 15 is 0 Å². The minimum absolute atomic E-state index is 0.153. The first-order valence-electron chi connectivity index (χ1n) is 7.96. The van der Waals surface area contributed by atoms with Crippen LogP contribution in [0.15, 0.2) is 23.1 Å². The molecule has 1 aromatic carbocycles. The second-order valence-electron chi connectivity index (χ2n) is 6.05. The Balaban J connectivity index is 1.77. The first-order valence-corrected chi connectivity index (χ1v) is 9.44. The summed E-state index contributed by atoms with van der Waals surface area (Å²) in [5.74, 6) is 0.337. The lowest BCUT2D eigenvalue weighted by molar-refractivity contribution is -0.124. The van der Waals surface area contributed by atoms with E-state index in [-0.39, 0.29) is 23.3 Å². The summed E-state index contributed by atoms with van der Waals surface area (Å²) in [5.41, 5.74) is 1.78. The molecule has 126 valence electrons. The third kappa shape index (κ3) is 3.27. The van der Waals surface area contributed by atoms with Gasteiger partial charge in [0.25, 0.3) is 0 Å². The lowest BCUT2D eigenvalue weighted by atomic mass is 9.84. The highest BCUT2D eigenvalue weighted by molar-refractivity contribution is 7.89. The third-order valence-corrected chi connectivity index (χ3v) is 6.03. The van der Waals surface area contributed by atoms with E-state index < -0.39 is 10.0 Å². The molecule has 0 unspecified atom stereocenters. The highest BCUT2D eigenvalue weighted by Crippen LogP contribution is 2.35. The number of methoxy groups -OCH3 is 1. The molecule has 0 atom stereocenters. The van der Waals surface area contributed by atoms with Gasteiger partial charge >= 0.3 is 0 Å². The van der Waals surface area contributed by atoms with Crippen molar-refractivity contribution in [1.29, 1.82) is 0 Å². The lowest BCUT2D eigenvalue weighted by Gasteiger charge is -2.29. The molecule has 1 aliphatic heterocycles. The summed E-state index contributed by atoms with van der Waals surface area (Å²) in [7, 11) is -2.01. The maximum Gasteiger partial charge on any atom is 0.240 e.